The first-order valence-electron chi connectivity index (χ1n) is 9.10. The topological polar surface area (TPSA) is 46.4 Å². The molecule has 1 N–H and O–H groups in total. The molecule has 136 valence electrons. The minimum Gasteiger partial charge on any atom is -0.868 e. The van der Waals surface area contributed by atoms with Crippen molar-refractivity contribution in [2.24, 2.45) is 0 Å². The van der Waals surface area contributed by atoms with Gasteiger partial charge >= 0.3 is 18.9 Å². The zero-order valence-corrected chi connectivity index (χ0v) is 16.8. The number of pyridine rings is 1. The molecule has 3 aromatic carbocycles. The SMILES string of the molecule is [Li+].[O-]c1cccc2ccc[nH+]c12.c1ccc2c(c1)OCc1c-2sc2ccccc12. The predicted octanol–water partition coefficient (Wildman–Crippen LogP) is 2.19. The van der Waals surface area contributed by atoms with Crippen LogP contribution < -0.4 is 33.7 Å². The molecule has 5 heteroatoms. The average Bonchev–Trinajstić information content (AvgIpc) is 3.14. The van der Waals surface area contributed by atoms with Crippen LogP contribution in [0.5, 0.6) is 11.5 Å². The van der Waals surface area contributed by atoms with Crippen molar-refractivity contribution in [1.29, 1.82) is 0 Å². The summed E-state index contributed by atoms with van der Waals surface area (Å²) in [5, 5.41) is 13.4. The molecule has 29 heavy (non-hydrogen) atoms. The Morgan fingerprint density at radius 1 is 0.862 bits per heavy atom. The Morgan fingerprint density at radius 2 is 1.66 bits per heavy atom. The monoisotopic (exact) mass is 390 g/mol. The van der Waals surface area contributed by atoms with Crippen molar-refractivity contribution in [3.8, 4) is 21.9 Å². The number of H-pyrrole nitrogens is 1. The Labute approximate surface area is 184 Å². The molecule has 1 aliphatic heterocycles. The molecule has 0 aliphatic carbocycles. The number of nitrogens with one attached hydrogen (secondary N) is 1. The van der Waals surface area contributed by atoms with E-state index in [1.54, 1.807) is 18.3 Å². The van der Waals surface area contributed by atoms with Gasteiger partial charge in [-0.15, -0.1) is 11.3 Å². The Kier molecular flexibility index (Phi) is 5.60. The maximum absolute atomic E-state index is 11.1. The van der Waals surface area contributed by atoms with Crippen LogP contribution in [0.3, 0.4) is 0 Å². The summed E-state index contributed by atoms with van der Waals surface area (Å²) in [6.45, 7) is 0.691. The summed E-state index contributed by atoms with van der Waals surface area (Å²) in [5.41, 5.74) is 3.24. The van der Waals surface area contributed by atoms with E-state index in [4.69, 9.17) is 4.74 Å². The van der Waals surface area contributed by atoms with E-state index in [0.29, 0.717) is 12.1 Å². The van der Waals surface area contributed by atoms with Gasteiger partial charge in [-0.3, -0.25) is 0 Å². The van der Waals surface area contributed by atoms with Crippen molar-refractivity contribution < 1.29 is 33.7 Å². The van der Waals surface area contributed by atoms with Crippen LogP contribution >= 0.6 is 11.3 Å². The number of fused-ring (bicyclic) bond motifs is 6. The predicted molar refractivity (Wildman–Crippen MR) is 112 cm³/mol. The third-order valence-corrected chi connectivity index (χ3v) is 6.11. The third-order valence-electron chi connectivity index (χ3n) is 4.86. The third kappa shape index (κ3) is 3.63. The summed E-state index contributed by atoms with van der Waals surface area (Å²) in [6.07, 6.45) is 1.75. The first kappa shape index (κ1) is 19.5. The Morgan fingerprint density at radius 3 is 2.55 bits per heavy atom. The van der Waals surface area contributed by atoms with E-state index in [-0.39, 0.29) is 24.6 Å². The molecule has 3 nitrogen and oxygen atoms in total. The molecule has 1 aliphatic rings. The van der Waals surface area contributed by atoms with Crippen molar-refractivity contribution in [3.63, 3.8) is 0 Å². The van der Waals surface area contributed by atoms with Gasteiger partial charge in [-0.2, -0.15) is 0 Å². The molecule has 0 bridgehead atoms. The molecule has 0 fully saturated rings. The molecule has 0 unspecified atom stereocenters. The maximum atomic E-state index is 11.1. The van der Waals surface area contributed by atoms with Crippen LogP contribution in [0.15, 0.2) is 85.1 Å². The fourth-order valence-electron chi connectivity index (χ4n) is 3.51. The number of rotatable bonds is 0. The van der Waals surface area contributed by atoms with E-state index in [9.17, 15) is 5.11 Å². The Balaban J connectivity index is 0.000000149. The molecule has 0 amide bonds. The molecule has 6 rings (SSSR count). The van der Waals surface area contributed by atoms with Gasteiger partial charge in [-0.05, 0) is 41.5 Å². The molecule has 3 heterocycles. The second kappa shape index (κ2) is 8.30. The molecule has 0 spiro atoms. The van der Waals surface area contributed by atoms with Gasteiger partial charge in [0, 0.05) is 32.2 Å². The van der Waals surface area contributed by atoms with Crippen LogP contribution in [0.25, 0.3) is 31.4 Å². The van der Waals surface area contributed by atoms with E-state index in [1.165, 1.54) is 26.1 Å². The smallest absolute Gasteiger partial charge is 0.868 e. The van der Waals surface area contributed by atoms with Gasteiger partial charge < -0.3 is 9.84 Å². The second-order valence-corrected chi connectivity index (χ2v) is 7.63. The van der Waals surface area contributed by atoms with Crippen molar-refractivity contribution in [1.82, 2.24) is 0 Å². The van der Waals surface area contributed by atoms with Crippen LogP contribution in [0.2, 0.25) is 0 Å². The molecule has 2 aromatic heterocycles. The van der Waals surface area contributed by atoms with Crippen LogP contribution in [-0.2, 0) is 6.61 Å². The van der Waals surface area contributed by atoms with E-state index in [2.05, 4.69) is 41.4 Å². The minimum atomic E-state index is 0. The van der Waals surface area contributed by atoms with E-state index >= 15 is 0 Å². The quantitative estimate of drug-likeness (QED) is 0.381. The van der Waals surface area contributed by atoms with Gasteiger partial charge in [-0.25, -0.2) is 4.98 Å². The number of thiophene rings is 1. The first-order valence-corrected chi connectivity index (χ1v) is 9.92. The van der Waals surface area contributed by atoms with E-state index < -0.39 is 0 Å². The first-order chi connectivity index (χ1) is 13.8. The summed E-state index contributed by atoms with van der Waals surface area (Å²) >= 11 is 1.86. The standard InChI is InChI=1S/C15H10OS.C9H7NO.Li/c1-3-7-13-11(6-1)15-12(9-16-13)10-5-2-4-8-14(10)17-15;11-8-5-1-3-7-4-2-6-10-9(7)8;/h1-8H,9H2;1-6,11H;/q;;+1. The molecule has 0 radical (unpaired) electrons. The fraction of sp³-hybridized carbons (Fsp3) is 0.0417. The average molecular weight is 390 g/mol. The molecule has 0 saturated heterocycles. The van der Waals surface area contributed by atoms with Gasteiger partial charge in [0.05, 0.1) is 0 Å². The fourth-order valence-corrected chi connectivity index (χ4v) is 4.75. The van der Waals surface area contributed by atoms with Crippen LogP contribution in [-0.4, -0.2) is 0 Å². The van der Waals surface area contributed by atoms with Crippen molar-refractivity contribution in [2.45, 2.75) is 6.61 Å². The molecular formula is C24H17LiNO2S+. The van der Waals surface area contributed by atoms with Crippen LogP contribution in [0, 0.1) is 0 Å². The summed E-state index contributed by atoms with van der Waals surface area (Å²) in [4.78, 5) is 4.28. The zero-order valence-electron chi connectivity index (χ0n) is 16.0. The number of benzene rings is 3. The van der Waals surface area contributed by atoms with Crippen molar-refractivity contribution >= 4 is 32.3 Å². The Bertz CT molecular complexity index is 1290. The van der Waals surface area contributed by atoms with Gasteiger partial charge in [0.15, 0.2) is 6.20 Å². The van der Waals surface area contributed by atoms with E-state index in [0.717, 1.165) is 11.1 Å². The number of ether oxygens (including phenoxy) is 1. The van der Waals surface area contributed by atoms with Crippen LogP contribution in [0.1, 0.15) is 5.56 Å². The minimum absolute atomic E-state index is 0. The zero-order chi connectivity index (χ0) is 18.9. The normalized spacial score (nSPS) is 11.4. The van der Waals surface area contributed by atoms with Crippen molar-refractivity contribution in [2.75, 3.05) is 0 Å². The molecule has 5 aromatic rings. The number of para-hydroxylation sites is 2. The summed E-state index contributed by atoms with van der Waals surface area (Å²) in [5.74, 6) is 1.05. The van der Waals surface area contributed by atoms with E-state index in [1.807, 2.05) is 41.7 Å². The van der Waals surface area contributed by atoms with Gasteiger partial charge in [0.25, 0.3) is 0 Å². The van der Waals surface area contributed by atoms with Gasteiger partial charge in [-0.1, -0.05) is 42.5 Å². The molecule has 0 atom stereocenters. The number of hydrogen-bond acceptors (Lipinski definition) is 3. The van der Waals surface area contributed by atoms with Gasteiger partial charge in [0.1, 0.15) is 12.4 Å². The molecular weight excluding hydrogens is 373 g/mol. The summed E-state index contributed by atoms with van der Waals surface area (Å²) in [6, 6.07) is 25.8. The number of hydrogen-bond donors (Lipinski definition) is 0. The summed E-state index contributed by atoms with van der Waals surface area (Å²) < 4.78 is 7.17. The number of aromatic nitrogens is 1. The molecule has 0 saturated carbocycles. The van der Waals surface area contributed by atoms with Crippen molar-refractivity contribution in [3.05, 3.63) is 90.6 Å². The van der Waals surface area contributed by atoms with Gasteiger partial charge in [0.2, 0.25) is 5.52 Å². The second-order valence-electron chi connectivity index (χ2n) is 6.58. The van der Waals surface area contributed by atoms with Crippen LogP contribution in [0.4, 0.5) is 0 Å². The summed E-state index contributed by atoms with van der Waals surface area (Å²) in [7, 11) is 0. The Hall–Kier alpha value is -2.77. The maximum Gasteiger partial charge on any atom is 1.00 e. The largest absolute Gasteiger partial charge is 1.00 e. The number of aromatic amines is 1.